The van der Waals surface area contributed by atoms with Crippen molar-refractivity contribution in [1.29, 1.82) is 10.5 Å². The summed E-state index contributed by atoms with van der Waals surface area (Å²) in [7, 11) is 0. The van der Waals surface area contributed by atoms with Crippen LogP contribution in [-0.4, -0.2) is 11.3 Å². The summed E-state index contributed by atoms with van der Waals surface area (Å²) in [5.41, 5.74) is -3.66. The van der Waals surface area contributed by atoms with E-state index in [4.69, 9.17) is 5.26 Å². The number of unbranched alkanes of at least 4 members (excludes halogenated alkanes) is 1. The molecular weight excluding hydrogens is 349 g/mol. The number of carbonyl (C=O) groups is 1. The van der Waals surface area contributed by atoms with Crippen molar-refractivity contribution in [2.24, 2.45) is 0 Å². The summed E-state index contributed by atoms with van der Waals surface area (Å²) in [4.78, 5) is 12.1. The zero-order valence-corrected chi connectivity index (χ0v) is 14.5. The molecule has 0 saturated heterocycles. The summed E-state index contributed by atoms with van der Waals surface area (Å²) in [6.45, 7) is 1.86. The van der Waals surface area contributed by atoms with Gasteiger partial charge in [0.25, 0.3) is 0 Å². The molecule has 0 bridgehead atoms. The van der Waals surface area contributed by atoms with Crippen LogP contribution in [0.5, 0.6) is 0 Å². The monoisotopic (exact) mass is 366 g/mol. The number of carbonyl (C=O) groups excluding carboxylic acids is 1. The Kier molecular flexibility index (Phi) is 8.24. The Morgan fingerprint density at radius 1 is 1.12 bits per heavy atom. The number of Topliss-reactive ketones (excluding diaryl/α,β-unsaturated/α-hetero) is 1. The predicted octanol–water partition coefficient (Wildman–Crippen LogP) is 5.74. The van der Waals surface area contributed by atoms with Crippen molar-refractivity contribution in [2.45, 2.75) is 44.5 Å². The number of nitriles is 2. The SMILES string of the molecule is CCCC/C(SC(F)(F)F)=C(\C#N)CCC(=O)c1ccc(C#N)cc1. The van der Waals surface area contributed by atoms with Gasteiger partial charge in [0.05, 0.1) is 17.7 Å². The maximum Gasteiger partial charge on any atom is 0.446 e. The number of benzene rings is 1. The van der Waals surface area contributed by atoms with E-state index in [2.05, 4.69) is 0 Å². The van der Waals surface area contributed by atoms with Crippen LogP contribution in [0, 0.1) is 22.7 Å². The fourth-order valence-corrected chi connectivity index (χ4v) is 2.91. The van der Waals surface area contributed by atoms with Gasteiger partial charge in [-0.3, -0.25) is 4.79 Å². The van der Waals surface area contributed by atoms with E-state index in [1.54, 1.807) is 0 Å². The number of hydrogen-bond acceptors (Lipinski definition) is 4. The Bertz CT molecular complexity index is 710. The zero-order chi connectivity index (χ0) is 18.9. The third kappa shape index (κ3) is 7.45. The molecule has 0 saturated carbocycles. The van der Waals surface area contributed by atoms with Crippen LogP contribution >= 0.6 is 11.8 Å². The molecule has 0 radical (unpaired) electrons. The van der Waals surface area contributed by atoms with Crippen LogP contribution in [0.2, 0.25) is 0 Å². The Hall–Kier alpha value is -2.25. The molecule has 0 aliphatic heterocycles. The van der Waals surface area contributed by atoms with Crippen LogP contribution < -0.4 is 0 Å². The number of hydrogen-bond donors (Lipinski definition) is 0. The summed E-state index contributed by atoms with van der Waals surface area (Å²) in [6.07, 6.45) is 1.35. The normalized spacial score (nSPS) is 12.1. The highest BCUT2D eigenvalue weighted by atomic mass is 32.2. The second-order valence-electron chi connectivity index (χ2n) is 5.28. The lowest BCUT2D eigenvalue weighted by Crippen LogP contribution is -2.04. The number of allylic oxidation sites excluding steroid dienone is 2. The number of rotatable bonds is 8. The van der Waals surface area contributed by atoms with Crippen LogP contribution in [-0.2, 0) is 0 Å². The first-order valence-electron chi connectivity index (χ1n) is 7.72. The standard InChI is InChI=1S/C18H17F3N2OS/c1-2-3-4-17(25-18(19,20)21)15(12-23)9-10-16(24)14-7-5-13(11-22)6-8-14/h5-8H,2-4,9-10H2,1H3/b17-15+. The highest BCUT2D eigenvalue weighted by molar-refractivity contribution is 8.03. The van der Waals surface area contributed by atoms with Gasteiger partial charge >= 0.3 is 5.51 Å². The van der Waals surface area contributed by atoms with E-state index in [1.165, 1.54) is 24.3 Å². The summed E-state index contributed by atoms with van der Waals surface area (Å²) in [6, 6.07) is 9.76. The zero-order valence-electron chi connectivity index (χ0n) is 13.7. The lowest BCUT2D eigenvalue weighted by molar-refractivity contribution is -0.0322. The number of ketones is 1. The number of nitrogens with zero attached hydrogens (tertiary/aromatic N) is 2. The van der Waals surface area contributed by atoms with Crippen molar-refractivity contribution in [1.82, 2.24) is 0 Å². The van der Waals surface area contributed by atoms with Crippen LogP contribution in [0.25, 0.3) is 0 Å². The van der Waals surface area contributed by atoms with Gasteiger partial charge in [-0.2, -0.15) is 23.7 Å². The largest absolute Gasteiger partial charge is 0.446 e. The topological polar surface area (TPSA) is 64.7 Å². The van der Waals surface area contributed by atoms with Crippen molar-refractivity contribution in [2.75, 3.05) is 0 Å². The molecule has 0 aliphatic rings. The van der Waals surface area contributed by atoms with Crippen molar-refractivity contribution in [3.8, 4) is 12.1 Å². The molecule has 3 nitrogen and oxygen atoms in total. The van der Waals surface area contributed by atoms with Gasteiger partial charge in [0, 0.05) is 22.5 Å². The molecule has 0 spiro atoms. The maximum absolute atomic E-state index is 12.7. The summed E-state index contributed by atoms with van der Waals surface area (Å²) < 4.78 is 38.1. The molecule has 25 heavy (non-hydrogen) atoms. The van der Waals surface area contributed by atoms with E-state index < -0.39 is 5.51 Å². The van der Waals surface area contributed by atoms with Gasteiger partial charge in [-0.05, 0) is 43.2 Å². The molecule has 7 heteroatoms. The average Bonchev–Trinajstić information content (AvgIpc) is 2.58. The molecule has 132 valence electrons. The molecule has 0 fully saturated rings. The fourth-order valence-electron chi connectivity index (χ4n) is 2.11. The van der Waals surface area contributed by atoms with Gasteiger partial charge in [-0.25, -0.2) is 0 Å². The molecule has 1 aromatic carbocycles. The molecule has 0 aliphatic carbocycles. The van der Waals surface area contributed by atoms with E-state index >= 15 is 0 Å². The minimum Gasteiger partial charge on any atom is -0.294 e. The minimum atomic E-state index is -4.46. The molecule has 0 unspecified atom stereocenters. The third-order valence-corrected chi connectivity index (χ3v) is 4.33. The smallest absolute Gasteiger partial charge is 0.294 e. The van der Waals surface area contributed by atoms with E-state index in [9.17, 15) is 23.2 Å². The number of thioether (sulfide) groups is 1. The van der Waals surface area contributed by atoms with Gasteiger partial charge in [-0.1, -0.05) is 25.5 Å². The van der Waals surface area contributed by atoms with Gasteiger partial charge in [0.15, 0.2) is 5.78 Å². The van der Waals surface area contributed by atoms with Gasteiger partial charge in [-0.15, -0.1) is 0 Å². The molecule has 0 amide bonds. The highest BCUT2D eigenvalue weighted by Crippen LogP contribution is 2.40. The van der Waals surface area contributed by atoms with Gasteiger partial charge < -0.3 is 0 Å². The first-order valence-corrected chi connectivity index (χ1v) is 8.53. The molecular formula is C18H17F3N2OS. The summed E-state index contributed by atoms with van der Waals surface area (Å²) in [5.74, 6) is -0.274. The summed E-state index contributed by atoms with van der Waals surface area (Å²) >= 11 is -0.263. The second kappa shape index (κ2) is 9.90. The van der Waals surface area contributed by atoms with Crippen molar-refractivity contribution >= 4 is 17.5 Å². The lowest BCUT2D eigenvalue weighted by atomic mass is 10.0. The van der Waals surface area contributed by atoms with Crippen molar-refractivity contribution in [3.63, 3.8) is 0 Å². The Labute approximate surface area is 149 Å². The van der Waals surface area contributed by atoms with Crippen molar-refractivity contribution in [3.05, 3.63) is 45.9 Å². The quantitative estimate of drug-likeness (QED) is 0.434. The number of halogens is 3. The molecule has 0 aromatic heterocycles. The average molecular weight is 366 g/mol. The molecule has 1 rings (SSSR count). The Morgan fingerprint density at radius 3 is 2.24 bits per heavy atom. The molecule has 0 heterocycles. The first kappa shape index (κ1) is 20.8. The highest BCUT2D eigenvalue weighted by Gasteiger charge is 2.31. The predicted molar refractivity (Wildman–Crippen MR) is 90.5 cm³/mol. The first-order chi connectivity index (χ1) is 11.8. The Morgan fingerprint density at radius 2 is 1.76 bits per heavy atom. The summed E-state index contributed by atoms with van der Waals surface area (Å²) in [5, 5.41) is 17.9. The lowest BCUT2D eigenvalue weighted by Gasteiger charge is -2.12. The van der Waals surface area contributed by atoms with Crippen LogP contribution in [0.4, 0.5) is 13.2 Å². The van der Waals surface area contributed by atoms with Gasteiger partial charge in [0.2, 0.25) is 0 Å². The maximum atomic E-state index is 12.7. The number of alkyl halides is 3. The third-order valence-electron chi connectivity index (χ3n) is 3.41. The molecule has 0 N–H and O–H groups in total. The van der Waals surface area contributed by atoms with Crippen LogP contribution in [0.15, 0.2) is 34.7 Å². The van der Waals surface area contributed by atoms with E-state index in [1.807, 2.05) is 19.1 Å². The Balaban J connectivity index is 2.87. The van der Waals surface area contributed by atoms with Crippen LogP contribution in [0.1, 0.15) is 54.9 Å². The molecule has 1 aromatic rings. The van der Waals surface area contributed by atoms with Gasteiger partial charge in [0.1, 0.15) is 0 Å². The fraction of sp³-hybridized carbons (Fsp3) is 0.389. The van der Waals surface area contributed by atoms with E-state index in [0.29, 0.717) is 24.0 Å². The van der Waals surface area contributed by atoms with Crippen molar-refractivity contribution < 1.29 is 18.0 Å². The molecule has 0 atom stereocenters. The minimum absolute atomic E-state index is 0.00974. The second-order valence-corrected chi connectivity index (χ2v) is 6.44. The van der Waals surface area contributed by atoms with E-state index in [0.717, 1.165) is 0 Å². The van der Waals surface area contributed by atoms with E-state index in [-0.39, 0.29) is 47.3 Å². The van der Waals surface area contributed by atoms with Crippen LogP contribution in [0.3, 0.4) is 0 Å².